The first-order valence-corrected chi connectivity index (χ1v) is 5.92. The van der Waals surface area contributed by atoms with Crippen molar-refractivity contribution in [1.29, 1.82) is 0 Å². The maximum absolute atomic E-state index is 11.6. The van der Waals surface area contributed by atoms with Gasteiger partial charge in [0.1, 0.15) is 0 Å². The first-order valence-electron chi connectivity index (χ1n) is 4.93. The lowest BCUT2D eigenvalue weighted by Crippen LogP contribution is -2.50. The molecule has 16 heavy (non-hydrogen) atoms. The predicted molar refractivity (Wildman–Crippen MR) is 60.2 cm³/mol. The molecule has 2 amide bonds. The van der Waals surface area contributed by atoms with Gasteiger partial charge in [0.15, 0.2) is 6.61 Å². The highest BCUT2D eigenvalue weighted by atomic mass is 32.2. The van der Waals surface area contributed by atoms with Crippen molar-refractivity contribution < 1.29 is 19.5 Å². The average molecular weight is 248 g/mol. The molecule has 1 rings (SSSR count). The zero-order chi connectivity index (χ0) is 12.2. The summed E-state index contributed by atoms with van der Waals surface area (Å²) >= 11 is 1.81. The van der Waals surface area contributed by atoms with Gasteiger partial charge in [-0.15, -0.1) is 0 Å². The minimum absolute atomic E-state index is 0.0301. The van der Waals surface area contributed by atoms with E-state index in [0.29, 0.717) is 13.1 Å². The second-order valence-electron chi connectivity index (χ2n) is 4.12. The van der Waals surface area contributed by atoms with Gasteiger partial charge in [0.25, 0.3) is 0 Å². The molecule has 0 aromatic carbocycles. The monoisotopic (exact) mass is 248 g/mol. The Kier molecular flexibility index (Phi) is 4.43. The number of rotatable bonds is 3. The van der Waals surface area contributed by atoms with Crippen LogP contribution in [0.5, 0.6) is 0 Å². The lowest BCUT2D eigenvalue weighted by Gasteiger charge is -2.37. The molecular formula is C9H16N2O4S. The number of carbonyl (C=O) groups is 2. The molecule has 1 aliphatic heterocycles. The number of hydroxylamine groups is 1. The minimum Gasteiger partial charge on any atom is -0.479 e. The molecule has 1 aliphatic rings. The number of hydrogen-bond acceptors (Lipinski definition) is 4. The molecule has 0 bridgehead atoms. The molecule has 0 unspecified atom stereocenters. The van der Waals surface area contributed by atoms with Gasteiger partial charge in [-0.05, 0) is 13.8 Å². The van der Waals surface area contributed by atoms with Crippen molar-refractivity contribution in [3.63, 3.8) is 0 Å². The van der Waals surface area contributed by atoms with Crippen LogP contribution in [-0.4, -0.2) is 52.2 Å². The van der Waals surface area contributed by atoms with E-state index >= 15 is 0 Å². The lowest BCUT2D eigenvalue weighted by molar-refractivity contribution is -0.144. The Labute approximate surface area is 98.3 Å². The molecule has 2 N–H and O–H groups in total. The van der Waals surface area contributed by atoms with Gasteiger partial charge in [-0.1, -0.05) is 0 Å². The van der Waals surface area contributed by atoms with Crippen LogP contribution in [0.1, 0.15) is 13.8 Å². The third kappa shape index (κ3) is 4.28. The molecule has 0 radical (unpaired) electrons. The molecule has 0 saturated carbocycles. The number of carboxylic acid groups (broad SMARTS) is 1. The highest BCUT2D eigenvalue weighted by Gasteiger charge is 2.29. The van der Waals surface area contributed by atoms with Gasteiger partial charge in [0.05, 0.1) is 0 Å². The number of nitrogens with zero attached hydrogens (tertiary/aromatic N) is 1. The SMILES string of the molecule is CC1(C)CN(C(=O)NOCC(=O)O)CCS1. The topological polar surface area (TPSA) is 78.9 Å². The molecule has 0 aromatic rings. The molecular weight excluding hydrogens is 232 g/mol. The van der Waals surface area contributed by atoms with Crippen LogP contribution in [0.15, 0.2) is 0 Å². The zero-order valence-corrected chi connectivity index (χ0v) is 10.2. The van der Waals surface area contributed by atoms with Crippen molar-refractivity contribution in [1.82, 2.24) is 10.4 Å². The van der Waals surface area contributed by atoms with Crippen LogP contribution in [-0.2, 0) is 9.63 Å². The van der Waals surface area contributed by atoms with E-state index in [1.807, 2.05) is 11.8 Å². The zero-order valence-electron chi connectivity index (χ0n) is 9.36. The van der Waals surface area contributed by atoms with E-state index in [-0.39, 0.29) is 10.8 Å². The van der Waals surface area contributed by atoms with E-state index in [1.165, 1.54) is 0 Å². The number of aliphatic carboxylic acids is 1. The van der Waals surface area contributed by atoms with E-state index in [9.17, 15) is 9.59 Å². The smallest absolute Gasteiger partial charge is 0.341 e. The van der Waals surface area contributed by atoms with Crippen LogP contribution >= 0.6 is 11.8 Å². The third-order valence-corrected chi connectivity index (χ3v) is 3.37. The van der Waals surface area contributed by atoms with Crippen LogP contribution in [0.25, 0.3) is 0 Å². The number of amides is 2. The van der Waals surface area contributed by atoms with Crippen LogP contribution in [0.4, 0.5) is 4.79 Å². The summed E-state index contributed by atoms with van der Waals surface area (Å²) in [7, 11) is 0. The Bertz CT molecular complexity index is 283. The maximum atomic E-state index is 11.6. The average Bonchev–Trinajstić information content (AvgIpc) is 2.15. The summed E-state index contributed by atoms with van der Waals surface area (Å²) in [4.78, 5) is 27.9. The number of urea groups is 1. The molecule has 1 saturated heterocycles. The second-order valence-corrected chi connectivity index (χ2v) is 5.92. The summed E-state index contributed by atoms with van der Waals surface area (Å²) in [5, 5.41) is 8.33. The fourth-order valence-electron chi connectivity index (χ4n) is 1.41. The third-order valence-electron chi connectivity index (χ3n) is 2.07. The molecule has 7 heteroatoms. The summed E-state index contributed by atoms with van der Waals surface area (Å²) in [5.74, 6) is -0.242. The summed E-state index contributed by atoms with van der Waals surface area (Å²) in [6.45, 7) is 4.87. The van der Waals surface area contributed by atoms with Crippen molar-refractivity contribution >= 4 is 23.8 Å². The van der Waals surface area contributed by atoms with Crippen molar-refractivity contribution in [2.24, 2.45) is 0 Å². The van der Waals surface area contributed by atoms with E-state index < -0.39 is 12.6 Å². The highest BCUT2D eigenvalue weighted by molar-refractivity contribution is 8.00. The van der Waals surface area contributed by atoms with Crippen LogP contribution in [0, 0.1) is 0 Å². The Morgan fingerprint density at radius 1 is 1.56 bits per heavy atom. The van der Waals surface area contributed by atoms with Gasteiger partial charge in [0, 0.05) is 23.6 Å². The normalized spacial score (nSPS) is 19.2. The van der Waals surface area contributed by atoms with Gasteiger partial charge in [-0.2, -0.15) is 11.8 Å². The number of nitrogens with one attached hydrogen (secondary N) is 1. The standard InChI is InChI=1S/C9H16N2O4S/c1-9(2)6-11(3-4-16-9)8(14)10-15-5-7(12)13/h3-6H2,1-2H3,(H,10,14)(H,12,13). The molecule has 1 heterocycles. The predicted octanol–water partition coefficient (Wildman–Crippen LogP) is 0.540. The van der Waals surface area contributed by atoms with E-state index in [1.54, 1.807) is 4.90 Å². The van der Waals surface area contributed by atoms with Crippen molar-refractivity contribution in [3.8, 4) is 0 Å². The van der Waals surface area contributed by atoms with Gasteiger partial charge in [0.2, 0.25) is 0 Å². The summed E-state index contributed by atoms with van der Waals surface area (Å²) in [5.41, 5.74) is 2.12. The van der Waals surface area contributed by atoms with Crippen LogP contribution in [0.2, 0.25) is 0 Å². The Morgan fingerprint density at radius 2 is 2.25 bits per heavy atom. The lowest BCUT2D eigenvalue weighted by atomic mass is 10.2. The summed E-state index contributed by atoms with van der Waals surface area (Å²) in [6.07, 6.45) is 0. The van der Waals surface area contributed by atoms with Gasteiger partial charge >= 0.3 is 12.0 Å². The van der Waals surface area contributed by atoms with E-state index in [2.05, 4.69) is 24.2 Å². The number of carboxylic acids is 1. The Hall–Kier alpha value is -0.950. The molecule has 0 spiro atoms. The maximum Gasteiger partial charge on any atom is 0.341 e. The molecule has 92 valence electrons. The largest absolute Gasteiger partial charge is 0.479 e. The fraction of sp³-hybridized carbons (Fsp3) is 0.778. The van der Waals surface area contributed by atoms with E-state index in [0.717, 1.165) is 5.75 Å². The fourth-order valence-corrected chi connectivity index (χ4v) is 2.53. The number of thioether (sulfide) groups is 1. The first-order chi connectivity index (χ1) is 7.41. The van der Waals surface area contributed by atoms with Crippen LogP contribution in [0.3, 0.4) is 0 Å². The number of carbonyl (C=O) groups excluding carboxylic acids is 1. The van der Waals surface area contributed by atoms with Gasteiger partial charge in [-0.25, -0.2) is 15.1 Å². The van der Waals surface area contributed by atoms with Gasteiger partial charge < -0.3 is 10.0 Å². The van der Waals surface area contributed by atoms with Crippen molar-refractivity contribution in [3.05, 3.63) is 0 Å². The van der Waals surface area contributed by atoms with E-state index in [4.69, 9.17) is 5.11 Å². The quantitative estimate of drug-likeness (QED) is 0.713. The molecule has 0 aromatic heterocycles. The molecule has 0 aliphatic carbocycles. The van der Waals surface area contributed by atoms with Gasteiger partial charge in [-0.3, -0.25) is 4.84 Å². The molecule has 6 nitrogen and oxygen atoms in total. The summed E-state index contributed by atoms with van der Waals surface area (Å²) < 4.78 is 0.0301. The van der Waals surface area contributed by atoms with Crippen molar-refractivity contribution in [2.75, 3.05) is 25.4 Å². The second kappa shape index (κ2) is 5.40. The Morgan fingerprint density at radius 3 is 2.81 bits per heavy atom. The minimum atomic E-state index is -1.12. The van der Waals surface area contributed by atoms with Crippen LogP contribution < -0.4 is 5.48 Å². The Balaban J connectivity index is 2.33. The first kappa shape index (κ1) is 13.1. The van der Waals surface area contributed by atoms with Crippen molar-refractivity contribution in [2.45, 2.75) is 18.6 Å². The highest BCUT2D eigenvalue weighted by Crippen LogP contribution is 2.29. The molecule has 0 atom stereocenters. The summed E-state index contributed by atoms with van der Waals surface area (Å²) in [6, 6.07) is -0.380. The molecule has 1 fully saturated rings. The number of hydrogen-bond donors (Lipinski definition) is 2.